The summed E-state index contributed by atoms with van der Waals surface area (Å²) < 4.78 is 0. The van der Waals surface area contributed by atoms with E-state index < -0.39 is 0 Å². The second-order valence-corrected chi connectivity index (χ2v) is 7.52. The van der Waals surface area contributed by atoms with Crippen LogP contribution in [0, 0.1) is 5.92 Å². The number of halogens is 1. The zero-order valence-electron chi connectivity index (χ0n) is 15.1. The molecule has 1 heterocycles. The second kappa shape index (κ2) is 9.40. The minimum Gasteiger partial charge on any atom is -0.355 e. The monoisotopic (exact) mass is 351 g/mol. The first kappa shape index (κ1) is 19.2. The molecule has 1 fully saturated rings. The molecular weight excluding hydrogens is 322 g/mol. The van der Waals surface area contributed by atoms with Gasteiger partial charge in [0.1, 0.15) is 0 Å². The molecule has 1 aromatic carbocycles. The van der Waals surface area contributed by atoms with Crippen LogP contribution in [0.15, 0.2) is 24.3 Å². The fourth-order valence-electron chi connectivity index (χ4n) is 3.20. The van der Waals surface area contributed by atoms with E-state index in [0.29, 0.717) is 18.4 Å². The van der Waals surface area contributed by atoms with Gasteiger partial charge in [-0.1, -0.05) is 37.6 Å². The molecule has 1 aromatic rings. The van der Waals surface area contributed by atoms with Crippen molar-refractivity contribution in [3.63, 3.8) is 0 Å². The van der Waals surface area contributed by atoms with Gasteiger partial charge in [-0.15, -0.1) is 0 Å². The molecule has 1 N–H and O–H groups in total. The van der Waals surface area contributed by atoms with Crippen molar-refractivity contribution in [2.45, 2.75) is 32.7 Å². The molecule has 24 heavy (non-hydrogen) atoms. The van der Waals surface area contributed by atoms with Crippen LogP contribution in [-0.2, 0) is 11.2 Å². The van der Waals surface area contributed by atoms with Gasteiger partial charge in [-0.05, 0) is 37.1 Å². The SMILES string of the molecule is CC(C)C(CNC(=O)CCc1cccc(Cl)c1)N1CCN(C)CC1. The molecule has 1 atom stereocenters. The van der Waals surface area contributed by atoms with E-state index in [2.05, 4.69) is 36.0 Å². The highest BCUT2D eigenvalue weighted by Gasteiger charge is 2.25. The maximum atomic E-state index is 12.2. The van der Waals surface area contributed by atoms with Crippen LogP contribution in [0.5, 0.6) is 0 Å². The van der Waals surface area contributed by atoms with Gasteiger partial charge in [-0.3, -0.25) is 9.69 Å². The first-order valence-corrected chi connectivity index (χ1v) is 9.27. The van der Waals surface area contributed by atoms with Gasteiger partial charge in [0.25, 0.3) is 0 Å². The molecule has 134 valence electrons. The molecule has 4 nitrogen and oxygen atoms in total. The number of piperazine rings is 1. The van der Waals surface area contributed by atoms with Gasteiger partial charge < -0.3 is 10.2 Å². The predicted octanol–water partition coefficient (Wildman–Crippen LogP) is 2.66. The number of amides is 1. The molecule has 0 aliphatic carbocycles. The second-order valence-electron chi connectivity index (χ2n) is 7.08. The van der Waals surface area contributed by atoms with Gasteiger partial charge in [0.15, 0.2) is 0 Å². The summed E-state index contributed by atoms with van der Waals surface area (Å²) in [7, 11) is 2.17. The molecule has 0 bridgehead atoms. The average molecular weight is 352 g/mol. The third-order valence-electron chi connectivity index (χ3n) is 4.81. The zero-order valence-corrected chi connectivity index (χ0v) is 15.9. The molecule has 0 saturated carbocycles. The summed E-state index contributed by atoms with van der Waals surface area (Å²) in [5.74, 6) is 0.649. The van der Waals surface area contributed by atoms with Gasteiger partial charge in [-0.25, -0.2) is 0 Å². The minimum atomic E-state index is 0.120. The maximum absolute atomic E-state index is 12.2. The third-order valence-corrected chi connectivity index (χ3v) is 5.05. The zero-order chi connectivity index (χ0) is 17.5. The highest BCUT2D eigenvalue weighted by atomic mass is 35.5. The Morgan fingerprint density at radius 3 is 2.58 bits per heavy atom. The van der Waals surface area contributed by atoms with Gasteiger partial charge >= 0.3 is 0 Å². The number of aryl methyl sites for hydroxylation is 1. The highest BCUT2D eigenvalue weighted by molar-refractivity contribution is 6.30. The Labute approximate surface area is 151 Å². The van der Waals surface area contributed by atoms with Crippen molar-refractivity contribution in [1.29, 1.82) is 0 Å². The lowest BCUT2D eigenvalue weighted by Crippen LogP contribution is -2.54. The quantitative estimate of drug-likeness (QED) is 0.820. The van der Waals surface area contributed by atoms with Crippen LogP contribution in [0.2, 0.25) is 5.02 Å². The molecule has 1 amide bonds. The van der Waals surface area contributed by atoms with E-state index in [1.807, 2.05) is 24.3 Å². The fourth-order valence-corrected chi connectivity index (χ4v) is 3.41. The van der Waals surface area contributed by atoms with E-state index in [-0.39, 0.29) is 5.91 Å². The first-order valence-electron chi connectivity index (χ1n) is 8.89. The van der Waals surface area contributed by atoms with Crippen LogP contribution < -0.4 is 5.32 Å². The molecule has 1 aliphatic heterocycles. The Kier molecular flexibility index (Phi) is 7.53. The van der Waals surface area contributed by atoms with Crippen molar-refractivity contribution in [2.24, 2.45) is 5.92 Å². The number of hydrogen-bond acceptors (Lipinski definition) is 3. The van der Waals surface area contributed by atoms with Gasteiger partial charge in [0.05, 0.1) is 0 Å². The largest absolute Gasteiger partial charge is 0.355 e. The number of likely N-dealkylation sites (N-methyl/N-ethyl adjacent to an activating group) is 1. The lowest BCUT2D eigenvalue weighted by molar-refractivity contribution is -0.121. The maximum Gasteiger partial charge on any atom is 0.220 e. The van der Waals surface area contributed by atoms with E-state index >= 15 is 0 Å². The van der Waals surface area contributed by atoms with Crippen LogP contribution >= 0.6 is 11.6 Å². The molecule has 0 spiro atoms. The molecule has 0 radical (unpaired) electrons. The Morgan fingerprint density at radius 1 is 1.25 bits per heavy atom. The molecular formula is C19H30ClN3O. The highest BCUT2D eigenvalue weighted by Crippen LogP contribution is 2.14. The number of carbonyl (C=O) groups is 1. The summed E-state index contributed by atoms with van der Waals surface area (Å²) in [4.78, 5) is 17.1. The molecule has 1 aliphatic rings. The van der Waals surface area contributed by atoms with Crippen molar-refractivity contribution in [3.05, 3.63) is 34.9 Å². The number of benzene rings is 1. The molecule has 1 unspecified atom stereocenters. The standard InChI is InChI=1S/C19H30ClN3O/c1-15(2)18(23-11-9-22(3)10-12-23)14-21-19(24)8-7-16-5-4-6-17(20)13-16/h4-6,13,15,18H,7-12,14H2,1-3H3,(H,21,24). The normalized spacial score (nSPS) is 17.9. The summed E-state index contributed by atoms with van der Waals surface area (Å²) in [5, 5.41) is 3.86. The van der Waals surface area contributed by atoms with Gasteiger partial charge in [0, 0.05) is 50.2 Å². The summed E-state index contributed by atoms with van der Waals surface area (Å²) in [6.07, 6.45) is 1.24. The Hall–Kier alpha value is -1.10. The topological polar surface area (TPSA) is 35.6 Å². The number of hydrogen-bond donors (Lipinski definition) is 1. The van der Waals surface area contributed by atoms with E-state index in [1.54, 1.807) is 0 Å². The third kappa shape index (κ3) is 6.08. The lowest BCUT2D eigenvalue weighted by atomic mass is 10.0. The molecule has 1 saturated heterocycles. The number of nitrogens with zero attached hydrogens (tertiary/aromatic N) is 2. The van der Waals surface area contributed by atoms with Crippen molar-refractivity contribution >= 4 is 17.5 Å². The minimum absolute atomic E-state index is 0.120. The Morgan fingerprint density at radius 2 is 1.96 bits per heavy atom. The molecule has 2 rings (SSSR count). The van der Waals surface area contributed by atoms with Crippen LogP contribution in [0.3, 0.4) is 0 Å². The van der Waals surface area contributed by atoms with E-state index in [9.17, 15) is 4.79 Å². The van der Waals surface area contributed by atoms with E-state index in [0.717, 1.165) is 49.7 Å². The van der Waals surface area contributed by atoms with Crippen LogP contribution in [0.25, 0.3) is 0 Å². The number of carbonyl (C=O) groups excluding carboxylic acids is 1. The van der Waals surface area contributed by atoms with Crippen molar-refractivity contribution in [2.75, 3.05) is 39.8 Å². The fraction of sp³-hybridized carbons (Fsp3) is 0.632. The predicted molar refractivity (Wildman–Crippen MR) is 100 cm³/mol. The summed E-state index contributed by atoms with van der Waals surface area (Å²) in [6.45, 7) is 9.57. The van der Waals surface area contributed by atoms with Gasteiger partial charge in [0.2, 0.25) is 5.91 Å². The summed E-state index contributed by atoms with van der Waals surface area (Å²) in [6, 6.07) is 8.14. The van der Waals surface area contributed by atoms with Crippen molar-refractivity contribution in [1.82, 2.24) is 15.1 Å². The Balaban J connectivity index is 1.77. The summed E-state index contributed by atoms with van der Waals surface area (Å²) in [5.41, 5.74) is 1.11. The van der Waals surface area contributed by atoms with E-state index in [4.69, 9.17) is 11.6 Å². The summed E-state index contributed by atoms with van der Waals surface area (Å²) >= 11 is 5.98. The van der Waals surface area contributed by atoms with Crippen LogP contribution in [0.1, 0.15) is 25.8 Å². The molecule has 5 heteroatoms. The lowest BCUT2D eigenvalue weighted by Gasteiger charge is -2.39. The first-order chi connectivity index (χ1) is 11.5. The average Bonchev–Trinajstić information content (AvgIpc) is 2.54. The van der Waals surface area contributed by atoms with Crippen molar-refractivity contribution < 1.29 is 4.79 Å². The molecule has 0 aromatic heterocycles. The Bertz CT molecular complexity index is 527. The smallest absolute Gasteiger partial charge is 0.220 e. The van der Waals surface area contributed by atoms with Crippen LogP contribution in [-0.4, -0.2) is 61.5 Å². The van der Waals surface area contributed by atoms with Crippen LogP contribution in [0.4, 0.5) is 0 Å². The van der Waals surface area contributed by atoms with E-state index in [1.165, 1.54) is 0 Å². The number of rotatable bonds is 7. The number of nitrogens with one attached hydrogen (secondary N) is 1. The van der Waals surface area contributed by atoms with Crippen molar-refractivity contribution in [3.8, 4) is 0 Å². The van der Waals surface area contributed by atoms with Gasteiger partial charge in [-0.2, -0.15) is 0 Å².